The monoisotopic (exact) mass is 347 g/mol. The van der Waals surface area contributed by atoms with Crippen molar-refractivity contribution in [2.45, 2.75) is 40.0 Å². The van der Waals surface area contributed by atoms with Crippen LogP contribution in [0.1, 0.15) is 49.7 Å². The Morgan fingerprint density at radius 3 is 2.46 bits per heavy atom. The summed E-state index contributed by atoms with van der Waals surface area (Å²) in [6.45, 7) is 13.7. The molecule has 0 bridgehead atoms. The molecule has 1 aliphatic heterocycles. The molecule has 1 fully saturated rings. The van der Waals surface area contributed by atoms with Gasteiger partial charge in [0.1, 0.15) is 22.6 Å². The van der Waals surface area contributed by atoms with Crippen LogP contribution in [0.15, 0.2) is 12.6 Å². The van der Waals surface area contributed by atoms with Crippen LogP contribution >= 0.6 is 11.6 Å². The number of nitrogens with zero attached hydrogens (tertiary/aromatic N) is 5. The third-order valence-electron chi connectivity index (χ3n) is 4.14. The number of aromatic nitrogens is 4. The maximum absolute atomic E-state index is 6.01. The molecule has 0 spiro atoms. The van der Waals surface area contributed by atoms with Crippen molar-refractivity contribution >= 4 is 23.5 Å². The summed E-state index contributed by atoms with van der Waals surface area (Å²) in [5.41, 5.74) is 2.24. The smallest absolute Gasteiger partial charge is 0.134 e. The third kappa shape index (κ3) is 3.46. The van der Waals surface area contributed by atoms with Crippen molar-refractivity contribution < 1.29 is 0 Å². The van der Waals surface area contributed by atoms with E-state index < -0.39 is 0 Å². The highest BCUT2D eigenvalue weighted by atomic mass is 35.5. The van der Waals surface area contributed by atoms with Gasteiger partial charge in [-0.2, -0.15) is 0 Å². The predicted molar refractivity (Wildman–Crippen MR) is 101 cm³/mol. The Kier molecular flexibility index (Phi) is 5.99. The Balaban J connectivity index is 0.00000100. The van der Waals surface area contributed by atoms with E-state index in [4.69, 9.17) is 16.6 Å². The number of rotatable bonds is 4. The van der Waals surface area contributed by atoms with E-state index in [1.54, 1.807) is 0 Å². The van der Waals surface area contributed by atoms with Gasteiger partial charge in [0, 0.05) is 26.2 Å². The summed E-state index contributed by atoms with van der Waals surface area (Å²) in [5, 5.41) is 0.491. The molecule has 3 heterocycles. The number of imidazole rings is 1. The van der Waals surface area contributed by atoms with Gasteiger partial charge < -0.3 is 9.47 Å². The zero-order chi connectivity index (χ0) is 17.9. The fourth-order valence-corrected chi connectivity index (χ4v) is 3.19. The summed E-state index contributed by atoms with van der Waals surface area (Å²) in [5.74, 6) is 3.13. The highest BCUT2D eigenvalue weighted by molar-refractivity contribution is 6.29. The predicted octanol–water partition coefficient (Wildman–Crippen LogP) is 4.01. The first-order chi connectivity index (χ1) is 11.5. The number of halogens is 1. The first-order valence-electron chi connectivity index (χ1n) is 8.47. The van der Waals surface area contributed by atoms with Gasteiger partial charge in [-0.25, -0.2) is 15.0 Å². The van der Waals surface area contributed by atoms with Crippen LogP contribution in [0.2, 0.25) is 5.15 Å². The molecule has 1 saturated heterocycles. The minimum atomic E-state index is 0.415. The van der Waals surface area contributed by atoms with Gasteiger partial charge in [-0.05, 0) is 19.4 Å². The highest BCUT2D eigenvalue weighted by Crippen LogP contribution is 2.32. The van der Waals surface area contributed by atoms with E-state index in [2.05, 4.69) is 40.0 Å². The Morgan fingerprint density at radius 2 is 1.96 bits per heavy atom. The minimum absolute atomic E-state index is 0.415. The van der Waals surface area contributed by atoms with E-state index in [9.17, 15) is 0 Å². The van der Waals surface area contributed by atoms with Gasteiger partial charge in [0.25, 0.3) is 0 Å². The number of aryl methyl sites for hydroxylation is 2. The van der Waals surface area contributed by atoms with E-state index in [0.717, 1.165) is 42.5 Å². The molecule has 0 N–H and O–H groups in total. The van der Waals surface area contributed by atoms with Crippen LogP contribution in [-0.2, 0) is 13.5 Å². The Labute approximate surface area is 149 Å². The summed E-state index contributed by atoms with van der Waals surface area (Å²) in [6, 6.07) is 1.82. The van der Waals surface area contributed by atoms with E-state index in [-0.39, 0.29) is 0 Å². The average Bonchev–Trinajstić information content (AvgIpc) is 2.83. The maximum Gasteiger partial charge on any atom is 0.134 e. The van der Waals surface area contributed by atoms with Gasteiger partial charge in [0.2, 0.25) is 0 Å². The Bertz CT molecular complexity index is 696. The lowest BCUT2D eigenvalue weighted by Crippen LogP contribution is -2.46. The molecule has 0 aliphatic carbocycles. The van der Waals surface area contributed by atoms with Crippen molar-refractivity contribution in [3.63, 3.8) is 0 Å². The van der Waals surface area contributed by atoms with Gasteiger partial charge in [0.05, 0.1) is 17.3 Å². The van der Waals surface area contributed by atoms with Crippen LogP contribution < -0.4 is 4.90 Å². The lowest BCUT2D eigenvalue weighted by Gasteiger charge is -2.39. The topological polar surface area (TPSA) is 46.8 Å². The summed E-state index contributed by atoms with van der Waals surface area (Å²) in [6.07, 6.45) is 2.81. The van der Waals surface area contributed by atoms with Crippen LogP contribution in [-0.4, -0.2) is 32.6 Å². The van der Waals surface area contributed by atoms with Gasteiger partial charge in [-0.3, -0.25) is 0 Å². The summed E-state index contributed by atoms with van der Waals surface area (Å²) in [4.78, 5) is 15.6. The summed E-state index contributed by atoms with van der Waals surface area (Å²) >= 11 is 6.01. The van der Waals surface area contributed by atoms with Crippen molar-refractivity contribution in [3.05, 3.63) is 40.8 Å². The second-order valence-electron chi connectivity index (χ2n) is 5.62. The molecule has 6 heteroatoms. The molecule has 24 heavy (non-hydrogen) atoms. The molecule has 2 aromatic rings. The molecule has 2 aromatic heterocycles. The van der Waals surface area contributed by atoms with Crippen molar-refractivity contribution in [2.24, 2.45) is 7.05 Å². The first-order valence-corrected chi connectivity index (χ1v) is 8.85. The standard InChI is InChI=1S/C16H20ClN5.C2H6/c1-5-12-13(6-2)21(4)16(20-12)11-8-22(9-11)15-7-14(17)18-10(3)19-15;1-2/h6-7,11H,2,5,8-9H2,1,3-4H3;1-2H3. The lowest BCUT2D eigenvalue weighted by atomic mass is 9.99. The Morgan fingerprint density at radius 1 is 1.29 bits per heavy atom. The van der Waals surface area contributed by atoms with Gasteiger partial charge in [0.15, 0.2) is 0 Å². The number of hydrogen-bond donors (Lipinski definition) is 0. The first kappa shape index (κ1) is 18.5. The van der Waals surface area contributed by atoms with Crippen molar-refractivity contribution in [2.75, 3.05) is 18.0 Å². The molecular weight excluding hydrogens is 322 g/mol. The van der Waals surface area contributed by atoms with E-state index in [1.807, 2.05) is 32.9 Å². The molecule has 0 unspecified atom stereocenters. The van der Waals surface area contributed by atoms with Gasteiger partial charge in [-0.1, -0.05) is 39.0 Å². The minimum Gasteiger partial charge on any atom is -0.355 e. The third-order valence-corrected chi connectivity index (χ3v) is 4.34. The fraction of sp³-hybridized carbons (Fsp3) is 0.500. The molecular formula is C18H26ClN5. The molecule has 5 nitrogen and oxygen atoms in total. The fourth-order valence-electron chi connectivity index (χ4n) is 2.97. The van der Waals surface area contributed by atoms with Crippen LogP contribution in [0.3, 0.4) is 0 Å². The van der Waals surface area contributed by atoms with Crippen molar-refractivity contribution in [3.8, 4) is 0 Å². The largest absolute Gasteiger partial charge is 0.355 e. The van der Waals surface area contributed by atoms with Crippen LogP contribution in [0.4, 0.5) is 5.82 Å². The molecule has 3 rings (SSSR count). The zero-order valence-corrected chi connectivity index (χ0v) is 15.9. The zero-order valence-electron chi connectivity index (χ0n) is 15.2. The molecule has 0 radical (unpaired) electrons. The average molecular weight is 348 g/mol. The van der Waals surface area contributed by atoms with E-state index in [0.29, 0.717) is 16.9 Å². The molecule has 130 valence electrons. The molecule has 0 atom stereocenters. The van der Waals surface area contributed by atoms with Crippen LogP contribution in [0.25, 0.3) is 6.08 Å². The molecule has 0 amide bonds. The quantitative estimate of drug-likeness (QED) is 0.784. The lowest BCUT2D eigenvalue weighted by molar-refractivity contribution is 0.482. The Hall–Kier alpha value is -1.88. The van der Waals surface area contributed by atoms with Crippen molar-refractivity contribution in [1.29, 1.82) is 0 Å². The number of hydrogen-bond acceptors (Lipinski definition) is 4. The SMILES string of the molecule is C=Cc1c(CC)nc(C2CN(c3cc(Cl)nc(C)n3)C2)n1C.CC. The second-order valence-corrected chi connectivity index (χ2v) is 6.00. The summed E-state index contributed by atoms with van der Waals surface area (Å²) < 4.78 is 2.16. The highest BCUT2D eigenvalue weighted by Gasteiger charge is 2.33. The molecule has 0 aromatic carbocycles. The van der Waals surface area contributed by atoms with E-state index >= 15 is 0 Å². The van der Waals surface area contributed by atoms with Gasteiger partial charge in [-0.15, -0.1) is 0 Å². The normalized spacial score (nSPS) is 14.0. The van der Waals surface area contributed by atoms with Gasteiger partial charge >= 0.3 is 0 Å². The van der Waals surface area contributed by atoms with Crippen molar-refractivity contribution in [1.82, 2.24) is 19.5 Å². The summed E-state index contributed by atoms with van der Waals surface area (Å²) in [7, 11) is 2.06. The van der Waals surface area contributed by atoms with Crippen LogP contribution in [0, 0.1) is 6.92 Å². The molecule has 1 aliphatic rings. The second kappa shape index (κ2) is 7.79. The maximum atomic E-state index is 6.01. The molecule has 0 saturated carbocycles. The number of anilines is 1. The van der Waals surface area contributed by atoms with E-state index in [1.165, 1.54) is 0 Å². The van der Waals surface area contributed by atoms with Crippen LogP contribution in [0.5, 0.6) is 0 Å².